The molecule has 0 aliphatic carbocycles. The predicted octanol–water partition coefficient (Wildman–Crippen LogP) is 1.75. The van der Waals surface area contributed by atoms with E-state index in [1.165, 1.54) is 16.9 Å². The molecule has 1 N–H and O–H groups in total. The number of hydrogen-bond acceptors (Lipinski definition) is 3. The Morgan fingerprint density at radius 1 is 1.32 bits per heavy atom. The molecule has 0 spiro atoms. The molecule has 1 unspecified atom stereocenters. The molecule has 1 saturated heterocycles. The number of nitrogens with one attached hydrogen (secondary N) is 1. The molecule has 25 heavy (non-hydrogen) atoms. The number of hydrogen-bond donors (Lipinski definition) is 1. The molecule has 1 aromatic heterocycles. The first-order chi connectivity index (χ1) is 11.9. The number of rotatable bonds is 4. The highest BCUT2D eigenvalue weighted by molar-refractivity contribution is 5.92. The van der Waals surface area contributed by atoms with E-state index in [2.05, 4.69) is 10.4 Å². The topological polar surface area (TPSA) is 67.2 Å². The van der Waals surface area contributed by atoms with Crippen LogP contribution in [0.2, 0.25) is 0 Å². The van der Waals surface area contributed by atoms with Gasteiger partial charge in [0.1, 0.15) is 11.6 Å². The Bertz CT molecular complexity index is 785. The zero-order valence-corrected chi connectivity index (χ0v) is 13.7. The van der Waals surface area contributed by atoms with Crippen LogP contribution in [0.1, 0.15) is 23.3 Å². The Balaban J connectivity index is 1.62. The van der Waals surface area contributed by atoms with E-state index >= 15 is 0 Å². The highest BCUT2D eigenvalue weighted by Gasteiger charge is 2.23. The molecular formula is C17H18F2N4O2. The molecule has 132 valence electrons. The van der Waals surface area contributed by atoms with Crippen LogP contribution in [0.15, 0.2) is 30.5 Å². The van der Waals surface area contributed by atoms with Gasteiger partial charge in [-0.1, -0.05) is 0 Å². The van der Waals surface area contributed by atoms with Crippen molar-refractivity contribution in [3.63, 3.8) is 0 Å². The van der Waals surface area contributed by atoms with Gasteiger partial charge >= 0.3 is 0 Å². The van der Waals surface area contributed by atoms with Crippen LogP contribution in [-0.4, -0.2) is 46.6 Å². The summed E-state index contributed by atoms with van der Waals surface area (Å²) in [4.78, 5) is 25.5. The Morgan fingerprint density at radius 2 is 2.04 bits per heavy atom. The lowest BCUT2D eigenvalue weighted by molar-refractivity contribution is -0.133. The summed E-state index contributed by atoms with van der Waals surface area (Å²) in [5, 5.41) is 6.81. The molecule has 8 heteroatoms. The number of amides is 2. The van der Waals surface area contributed by atoms with Crippen LogP contribution in [0.25, 0.3) is 5.69 Å². The summed E-state index contributed by atoms with van der Waals surface area (Å²) >= 11 is 0. The van der Waals surface area contributed by atoms with E-state index in [1.54, 1.807) is 11.9 Å². The number of nitrogens with zero attached hydrogens (tertiary/aromatic N) is 3. The molecule has 1 atom stereocenters. The van der Waals surface area contributed by atoms with Crippen LogP contribution in [0, 0.1) is 17.6 Å². The monoisotopic (exact) mass is 348 g/mol. The van der Waals surface area contributed by atoms with Gasteiger partial charge in [-0.15, -0.1) is 0 Å². The Labute approximate surface area is 143 Å². The molecule has 0 bridgehead atoms. The zero-order chi connectivity index (χ0) is 18.0. The van der Waals surface area contributed by atoms with Crippen molar-refractivity contribution < 1.29 is 18.4 Å². The molecular weight excluding hydrogens is 330 g/mol. The maximum Gasteiger partial charge on any atom is 0.271 e. The van der Waals surface area contributed by atoms with E-state index in [0.717, 1.165) is 24.6 Å². The van der Waals surface area contributed by atoms with Crippen LogP contribution in [0.5, 0.6) is 0 Å². The van der Waals surface area contributed by atoms with Crippen molar-refractivity contribution in [3.05, 3.63) is 47.8 Å². The Kier molecular flexibility index (Phi) is 4.78. The van der Waals surface area contributed by atoms with Crippen LogP contribution < -0.4 is 5.32 Å². The molecule has 1 aliphatic heterocycles. The standard InChI is InChI=1S/C17H18F2N4O2/c1-22-4-2-11(6-16(22)24)10-20-17(25)15-3-5-23(21-15)14-8-12(18)7-13(19)9-14/h3,5,7-9,11H,2,4,6,10H2,1H3,(H,20,25). The van der Waals surface area contributed by atoms with Gasteiger partial charge in [0.05, 0.1) is 5.69 Å². The Hall–Kier alpha value is -2.77. The van der Waals surface area contributed by atoms with Gasteiger partial charge in [0.15, 0.2) is 5.69 Å². The maximum absolute atomic E-state index is 13.3. The van der Waals surface area contributed by atoms with E-state index < -0.39 is 11.6 Å². The van der Waals surface area contributed by atoms with Crippen molar-refractivity contribution in [2.24, 2.45) is 5.92 Å². The van der Waals surface area contributed by atoms with Crippen molar-refractivity contribution >= 4 is 11.8 Å². The third-order valence-electron chi connectivity index (χ3n) is 4.25. The largest absolute Gasteiger partial charge is 0.350 e. The van der Waals surface area contributed by atoms with E-state index in [0.29, 0.717) is 19.5 Å². The molecule has 3 rings (SSSR count). The SMILES string of the molecule is CN1CCC(CNC(=O)c2ccn(-c3cc(F)cc(F)c3)n2)CC1=O. The first kappa shape index (κ1) is 17.1. The predicted molar refractivity (Wildman–Crippen MR) is 86.2 cm³/mol. The first-order valence-corrected chi connectivity index (χ1v) is 7.96. The zero-order valence-electron chi connectivity index (χ0n) is 13.7. The second-order valence-electron chi connectivity index (χ2n) is 6.16. The molecule has 1 aromatic carbocycles. The van der Waals surface area contributed by atoms with Crippen LogP contribution >= 0.6 is 0 Å². The molecule has 2 aromatic rings. The summed E-state index contributed by atoms with van der Waals surface area (Å²) in [5.74, 6) is -1.65. The van der Waals surface area contributed by atoms with Gasteiger partial charge in [-0.05, 0) is 30.5 Å². The number of piperidine rings is 1. The van der Waals surface area contributed by atoms with Gasteiger partial charge in [-0.2, -0.15) is 5.10 Å². The third kappa shape index (κ3) is 4.01. The second-order valence-corrected chi connectivity index (χ2v) is 6.16. The summed E-state index contributed by atoms with van der Waals surface area (Å²) in [6, 6.07) is 4.49. The molecule has 0 saturated carbocycles. The lowest BCUT2D eigenvalue weighted by atomic mass is 9.96. The third-order valence-corrected chi connectivity index (χ3v) is 4.25. The van der Waals surface area contributed by atoms with Gasteiger partial charge in [0, 0.05) is 38.8 Å². The Morgan fingerprint density at radius 3 is 2.72 bits per heavy atom. The van der Waals surface area contributed by atoms with Crippen molar-refractivity contribution in [2.45, 2.75) is 12.8 Å². The summed E-state index contributed by atoms with van der Waals surface area (Å²) < 4.78 is 27.8. The maximum atomic E-state index is 13.3. The molecule has 1 aliphatic rings. The minimum atomic E-state index is -0.719. The van der Waals surface area contributed by atoms with Crippen LogP contribution in [0.4, 0.5) is 8.78 Å². The number of carbonyl (C=O) groups is 2. The van der Waals surface area contributed by atoms with E-state index in [1.807, 2.05) is 0 Å². The second kappa shape index (κ2) is 7.00. The summed E-state index contributed by atoms with van der Waals surface area (Å²) in [6.45, 7) is 1.07. The fourth-order valence-electron chi connectivity index (χ4n) is 2.77. The summed E-state index contributed by atoms with van der Waals surface area (Å²) in [7, 11) is 1.76. The van der Waals surface area contributed by atoms with Gasteiger partial charge in [-0.25, -0.2) is 13.5 Å². The van der Waals surface area contributed by atoms with Crippen LogP contribution in [0.3, 0.4) is 0 Å². The minimum absolute atomic E-state index is 0.0721. The number of halogens is 2. The number of carbonyl (C=O) groups excluding carboxylic acids is 2. The lowest BCUT2D eigenvalue weighted by Gasteiger charge is -2.28. The van der Waals surface area contributed by atoms with Crippen molar-refractivity contribution in [1.82, 2.24) is 20.0 Å². The first-order valence-electron chi connectivity index (χ1n) is 7.96. The number of aromatic nitrogens is 2. The smallest absolute Gasteiger partial charge is 0.271 e. The average Bonchev–Trinajstić information content (AvgIpc) is 3.05. The summed E-state index contributed by atoms with van der Waals surface area (Å²) in [6.07, 6.45) is 2.70. The molecule has 2 heterocycles. The normalized spacial score (nSPS) is 17.6. The van der Waals surface area contributed by atoms with Gasteiger partial charge in [-0.3, -0.25) is 9.59 Å². The molecule has 1 fully saturated rings. The number of benzene rings is 1. The van der Waals surface area contributed by atoms with Crippen molar-refractivity contribution in [1.29, 1.82) is 0 Å². The van der Waals surface area contributed by atoms with Gasteiger partial charge in [0.25, 0.3) is 5.91 Å². The van der Waals surface area contributed by atoms with E-state index in [9.17, 15) is 18.4 Å². The fraction of sp³-hybridized carbons (Fsp3) is 0.353. The quantitative estimate of drug-likeness (QED) is 0.915. The highest BCUT2D eigenvalue weighted by Crippen LogP contribution is 2.16. The van der Waals surface area contributed by atoms with Gasteiger partial charge in [0.2, 0.25) is 5.91 Å². The fourth-order valence-corrected chi connectivity index (χ4v) is 2.77. The minimum Gasteiger partial charge on any atom is -0.350 e. The summed E-state index contributed by atoms with van der Waals surface area (Å²) in [5.41, 5.74) is 0.335. The lowest BCUT2D eigenvalue weighted by Crippen LogP contribution is -2.40. The van der Waals surface area contributed by atoms with Crippen molar-refractivity contribution in [3.8, 4) is 5.69 Å². The highest BCUT2D eigenvalue weighted by atomic mass is 19.1. The number of likely N-dealkylation sites (tertiary alicyclic amines) is 1. The van der Waals surface area contributed by atoms with E-state index in [4.69, 9.17) is 0 Å². The molecule has 2 amide bonds. The molecule has 0 radical (unpaired) electrons. The average molecular weight is 348 g/mol. The van der Waals surface area contributed by atoms with Crippen molar-refractivity contribution in [2.75, 3.05) is 20.1 Å². The van der Waals surface area contributed by atoms with E-state index in [-0.39, 0.29) is 29.1 Å². The van der Waals surface area contributed by atoms with Crippen LogP contribution in [-0.2, 0) is 4.79 Å². The van der Waals surface area contributed by atoms with Gasteiger partial charge < -0.3 is 10.2 Å². The molecule has 6 nitrogen and oxygen atoms in total.